The maximum atomic E-state index is 12.4. The van der Waals surface area contributed by atoms with Crippen LogP contribution in [0.25, 0.3) is 0 Å². The van der Waals surface area contributed by atoms with E-state index in [1.54, 1.807) is 0 Å². The summed E-state index contributed by atoms with van der Waals surface area (Å²) in [5.74, 6) is 0.440. The van der Waals surface area contributed by atoms with Crippen molar-refractivity contribution in [2.24, 2.45) is 0 Å². The molecule has 1 atom stereocenters. The lowest BCUT2D eigenvalue weighted by atomic mass is 10.1. The Bertz CT molecular complexity index is 415. The number of hydrogen-bond acceptors (Lipinski definition) is 1. The smallest absolute Gasteiger partial charge is 0.133 e. The summed E-state index contributed by atoms with van der Waals surface area (Å²) < 4.78 is 0. The molecule has 1 aromatic carbocycles. The van der Waals surface area contributed by atoms with Crippen molar-refractivity contribution >= 4 is 13.9 Å². The van der Waals surface area contributed by atoms with Crippen LogP contribution in [0.2, 0.25) is 23.7 Å². The molecule has 0 radical (unpaired) electrons. The fourth-order valence-electron chi connectivity index (χ4n) is 2.39. The second kappa shape index (κ2) is 6.04. The minimum absolute atomic E-state index is 0.222. The van der Waals surface area contributed by atoms with E-state index in [1.807, 2.05) is 13.0 Å². The third-order valence-corrected chi connectivity index (χ3v) is 11.0. The summed E-state index contributed by atoms with van der Waals surface area (Å²) in [5.41, 5.74) is 1.51. The van der Waals surface area contributed by atoms with Gasteiger partial charge in [0.05, 0.1) is 8.07 Å². The Kier molecular flexibility index (Phi) is 5.14. The summed E-state index contributed by atoms with van der Waals surface area (Å²) in [6.45, 7) is 13.6. The number of benzene rings is 1. The molecule has 0 aliphatic carbocycles. The van der Waals surface area contributed by atoms with E-state index in [4.69, 9.17) is 0 Å². The van der Waals surface area contributed by atoms with E-state index in [0.29, 0.717) is 12.2 Å². The van der Waals surface area contributed by atoms with Gasteiger partial charge in [0.2, 0.25) is 0 Å². The number of carbonyl (C=O) groups excluding carboxylic acids is 1. The van der Waals surface area contributed by atoms with Gasteiger partial charge < -0.3 is 0 Å². The number of Topliss-reactive ketones (excluding diaryl/α,β-unsaturated/α-hetero) is 1. The normalized spacial score (nSPS) is 14.2. The van der Waals surface area contributed by atoms with Crippen LogP contribution in [0.1, 0.15) is 39.7 Å². The van der Waals surface area contributed by atoms with Crippen molar-refractivity contribution in [1.82, 2.24) is 0 Å². The quantitative estimate of drug-likeness (QED) is 0.685. The number of rotatable bonds is 5. The van der Waals surface area contributed by atoms with Crippen molar-refractivity contribution in [2.75, 3.05) is 0 Å². The summed E-state index contributed by atoms with van der Waals surface area (Å²) in [6, 6.07) is 10.4. The average molecular weight is 276 g/mol. The zero-order valence-electron chi connectivity index (χ0n) is 13.3. The molecule has 0 N–H and O–H groups in total. The third kappa shape index (κ3) is 3.79. The Balaban J connectivity index is 3.06. The standard InChI is InChI=1S/C17H28OSi/c1-7-15(18)16(19(5,6)17(2,3)4)13-14-11-9-8-10-12-14/h8-12,16H,7,13H2,1-6H3/t16-/m0/s1. The predicted octanol–water partition coefficient (Wildman–Crippen LogP) is 5.09. The van der Waals surface area contributed by atoms with Crippen LogP contribution < -0.4 is 0 Å². The Hall–Kier alpha value is -0.893. The first-order valence-corrected chi connectivity index (χ1v) is 10.3. The number of hydrogen-bond donors (Lipinski definition) is 0. The molecule has 0 spiro atoms. The topological polar surface area (TPSA) is 17.1 Å². The summed E-state index contributed by atoms with van der Waals surface area (Å²) in [7, 11) is -1.65. The highest BCUT2D eigenvalue weighted by molar-refractivity contribution is 6.84. The Morgan fingerprint density at radius 3 is 2.11 bits per heavy atom. The van der Waals surface area contributed by atoms with Gasteiger partial charge in [-0.05, 0) is 17.0 Å². The molecule has 0 amide bonds. The molecular formula is C17H28OSi. The molecule has 0 unspecified atom stereocenters. The van der Waals surface area contributed by atoms with Gasteiger partial charge in [-0.25, -0.2) is 0 Å². The molecule has 0 aliphatic rings. The minimum atomic E-state index is -1.65. The zero-order valence-corrected chi connectivity index (χ0v) is 14.3. The first kappa shape index (κ1) is 16.2. The van der Waals surface area contributed by atoms with Gasteiger partial charge in [-0.1, -0.05) is 71.1 Å². The maximum absolute atomic E-state index is 12.4. The van der Waals surface area contributed by atoms with Crippen molar-refractivity contribution in [1.29, 1.82) is 0 Å². The highest BCUT2D eigenvalue weighted by Gasteiger charge is 2.44. The van der Waals surface area contributed by atoms with Crippen molar-refractivity contribution in [3.8, 4) is 0 Å². The van der Waals surface area contributed by atoms with E-state index in [1.165, 1.54) is 5.56 Å². The molecule has 0 aliphatic heterocycles. The second-order valence-electron chi connectivity index (χ2n) is 7.03. The van der Waals surface area contributed by atoms with Crippen LogP contribution in [0.5, 0.6) is 0 Å². The lowest BCUT2D eigenvalue weighted by Crippen LogP contribution is -2.46. The van der Waals surface area contributed by atoms with Gasteiger partial charge in [0.25, 0.3) is 0 Å². The van der Waals surface area contributed by atoms with Crippen LogP contribution in [0.15, 0.2) is 30.3 Å². The Labute approximate surface area is 119 Å². The van der Waals surface area contributed by atoms with Crippen molar-refractivity contribution in [3.63, 3.8) is 0 Å². The van der Waals surface area contributed by atoms with Crippen molar-refractivity contribution < 1.29 is 4.79 Å². The first-order valence-electron chi connectivity index (χ1n) is 7.26. The number of carbonyl (C=O) groups is 1. The molecule has 1 nitrogen and oxygen atoms in total. The molecule has 0 saturated heterocycles. The van der Waals surface area contributed by atoms with Crippen molar-refractivity contribution in [2.45, 2.75) is 64.2 Å². The zero-order chi connectivity index (χ0) is 14.7. The highest BCUT2D eigenvalue weighted by Crippen LogP contribution is 2.45. The predicted molar refractivity (Wildman–Crippen MR) is 86.4 cm³/mol. The molecule has 0 heterocycles. The molecule has 0 saturated carbocycles. The van der Waals surface area contributed by atoms with Gasteiger partial charge in [-0.3, -0.25) is 4.79 Å². The molecule has 0 bridgehead atoms. The van der Waals surface area contributed by atoms with E-state index < -0.39 is 8.07 Å². The molecule has 1 aromatic rings. The summed E-state index contributed by atoms with van der Waals surface area (Å²) in [4.78, 5) is 12.4. The first-order chi connectivity index (χ1) is 8.70. The molecular weight excluding hydrogens is 248 g/mol. The lowest BCUT2D eigenvalue weighted by Gasteiger charge is -2.42. The van der Waals surface area contributed by atoms with Crippen molar-refractivity contribution in [3.05, 3.63) is 35.9 Å². The molecule has 2 heteroatoms. The van der Waals surface area contributed by atoms with Crippen LogP contribution in [-0.2, 0) is 11.2 Å². The maximum Gasteiger partial charge on any atom is 0.133 e. The van der Waals surface area contributed by atoms with Crippen LogP contribution in [-0.4, -0.2) is 13.9 Å². The molecule has 0 aromatic heterocycles. The van der Waals surface area contributed by atoms with Gasteiger partial charge >= 0.3 is 0 Å². The van der Waals surface area contributed by atoms with E-state index >= 15 is 0 Å². The monoisotopic (exact) mass is 276 g/mol. The summed E-state index contributed by atoms with van der Waals surface area (Å²) in [5, 5.41) is 0.247. The largest absolute Gasteiger partial charge is 0.300 e. The molecule has 0 fully saturated rings. The van der Waals surface area contributed by atoms with Crippen LogP contribution in [0.3, 0.4) is 0 Å². The third-order valence-electron chi connectivity index (χ3n) is 4.82. The molecule has 1 rings (SSSR count). The fourth-order valence-corrected chi connectivity index (χ4v) is 5.19. The average Bonchev–Trinajstić information content (AvgIpc) is 2.34. The van der Waals surface area contributed by atoms with Gasteiger partial charge in [0.1, 0.15) is 5.78 Å². The summed E-state index contributed by atoms with van der Waals surface area (Å²) in [6.07, 6.45) is 1.56. The van der Waals surface area contributed by atoms with Crippen LogP contribution in [0, 0.1) is 0 Å². The Morgan fingerprint density at radius 2 is 1.68 bits per heavy atom. The van der Waals surface area contributed by atoms with Gasteiger partial charge in [-0.2, -0.15) is 0 Å². The van der Waals surface area contributed by atoms with Gasteiger partial charge in [0, 0.05) is 12.0 Å². The highest BCUT2D eigenvalue weighted by atomic mass is 28.3. The van der Waals surface area contributed by atoms with E-state index in [2.05, 4.69) is 58.1 Å². The van der Waals surface area contributed by atoms with E-state index in [0.717, 1.165) is 6.42 Å². The number of ketones is 1. The van der Waals surface area contributed by atoms with Gasteiger partial charge in [-0.15, -0.1) is 0 Å². The van der Waals surface area contributed by atoms with E-state index in [9.17, 15) is 4.79 Å². The second-order valence-corrected chi connectivity index (χ2v) is 12.7. The molecule has 106 valence electrons. The van der Waals surface area contributed by atoms with Crippen LogP contribution >= 0.6 is 0 Å². The summed E-state index contributed by atoms with van der Waals surface area (Å²) >= 11 is 0. The Morgan fingerprint density at radius 1 is 1.16 bits per heavy atom. The SMILES string of the molecule is CCC(=O)[C@H](Cc1ccccc1)[Si](C)(C)C(C)(C)C. The molecule has 19 heavy (non-hydrogen) atoms. The van der Waals surface area contributed by atoms with Crippen LogP contribution in [0.4, 0.5) is 0 Å². The minimum Gasteiger partial charge on any atom is -0.300 e. The van der Waals surface area contributed by atoms with Gasteiger partial charge in [0.15, 0.2) is 0 Å². The van der Waals surface area contributed by atoms with E-state index in [-0.39, 0.29) is 10.6 Å². The fraction of sp³-hybridized carbons (Fsp3) is 0.588. The lowest BCUT2D eigenvalue weighted by molar-refractivity contribution is -0.118.